The molecule has 0 aromatic heterocycles. The maximum atomic E-state index is 5.72. The minimum Gasteiger partial charge on any atom is -0.378 e. The Morgan fingerprint density at radius 3 is 2.56 bits per heavy atom. The highest BCUT2D eigenvalue weighted by molar-refractivity contribution is 5.02. The van der Waals surface area contributed by atoms with Gasteiger partial charge in [0, 0.05) is 18.1 Å². The molecule has 1 N–H and O–H groups in total. The lowest BCUT2D eigenvalue weighted by molar-refractivity contribution is -0.114. The van der Waals surface area contributed by atoms with Crippen molar-refractivity contribution >= 4 is 0 Å². The second-order valence-corrected chi connectivity index (χ2v) is 5.66. The summed E-state index contributed by atoms with van der Waals surface area (Å²) in [5.74, 6) is 0. The number of nitrogens with zero attached hydrogens (tertiary/aromatic N) is 1. The van der Waals surface area contributed by atoms with Gasteiger partial charge in [-0.05, 0) is 47.0 Å². The van der Waals surface area contributed by atoms with E-state index in [4.69, 9.17) is 4.74 Å². The van der Waals surface area contributed by atoms with Gasteiger partial charge in [0.1, 0.15) is 0 Å². The van der Waals surface area contributed by atoms with Crippen molar-refractivity contribution in [1.82, 2.24) is 10.2 Å². The molecule has 1 saturated carbocycles. The number of hydrogen-bond donors (Lipinski definition) is 1. The topological polar surface area (TPSA) is 24.5 Å². The molecule has 1 rings (SSSR count). The number of hydrogen-bond acceptors (Lipinski definition) is 3. The minimum atomic E-state index is 0.300. The number of nitrogens with one attached hydrogen (secondary N) is 1. The molecule has 0 aromatic rings. The molecule has 0 aliphatic heterocycles. The predicted molar refractivity (Wildman–Crippen MR) is 68.8 cm³/mol. The van der Waals surface area contributed by atoms with Gasteiger partial charge in [0.15, 0.2) is 0 Å². The molecule has 3 heteroatoms. The maximum absolute atomic E-state index is 5.72. The van der Waals surface area contributed by atoms with Crippen molar-refractivity contribution in [2.75, 3.05) is 33.8 Å². The van der Waals surface area contributed by atoms with E-state index in [2.05, 4.69) is 45.1 Å². The van der Waals surface area contributed by atoms with Gasteiger partial charge in [-0.25, -0.2) is 0 Å². The predicted octanol–water partition coefficient (Wildman–Crippen LogP) is 1.73. The Bertz CT molecular complexity index is 204. The van der Waals surface area contributed by atoms with Gasteiger partial charge in [-0.2, -0.15) is 0 Å². The van der Waals surface area contributed by atoms with Gasteiger partial charge in [-0.15, -0.1) is 0 Å². The Morgan fingerprint density at radius 1 is 1.38 bits per heavy atom. The molecule has 0 amide bonds. The summed E-state index contributed by atoms with van der Waals surface area (Å²) in [5.41, 5.74) is 0.300. The summed E-state index contributed by atoms with van der Waals surface area (Å²) in [6, 6.07) is 0.631. The van der Waals surface area contributed by atoms with Crippen LogP contribution in [-0.4, -0.2) is 50.8 Å². The smallest absolute Gasteiger partial charge is 0.0655 e. The molecule has 96 valence electrons. The molecule has 3 nitrogen and oxygen atoms in total. The zero-order valence-corrected chi connectivity index (χ0v) is 11.5. The first-order valence-corrected chi connectivity index (χ1v) is 6.48. The third kappa shape index (κ3) is 3.44. The Labute approximate surface area is 101 Å². The van der Waals surface area contributed by atoms with Crippen LogP contribution in [0.4, 0.5) is 0 Å². The van der Waals surface area contributed by atoms with Crippen LogP contribution in [0.15, 0.2) is 0 Å². The van der Waals surface area contributed by atoms with Crippen molar-refractivity contribution in [2.24, 2.45) is 5.41 Å². The van der Waals surface area contributed by atoms with Crippen LogP contribution in [0.1, 0.15) is 33.6 Å². The van der Waals surface area contributed by atoms with E-state index in [0.29, 0.717) is 17.6 Å². The molecule has 0 spiro atoms. The molecule has 2 atom stereocenters. The van der Waals surface area contributed by atoms with E-state index in [-0.39, 0.29) is 0 Å². The first-order valence-electron chi connectivity index (χ1n) is 6.48. The van der Waals surface area contributed by atoms with Crippen molar-refractivity contribution in [1.29, 1.82) is 0 Å². The van der Waals surface area contributed by atoms with Crippen molar-refractivity contribution in [3.63, 3.8) is 0 Å². The van der Waals surface area contributed by atoms with E-state index >= 15 is 0 Å². The molecule has 0 aromatic carbocycles. The maximum Gasteiger partial charge on any atom is 0.0655 e. The largest absolute Gasteiger partial charge is 0.378 e. The summed E-state index contributed by atoms with van der Waals surface area (Å²) in [4.78, 5) is 2.23. The molecular formula is C13H28N2O. The quantitative estimate of drug-likeness (QED) is 0.672. The molecule has 1 aliphatic rings. The van der Waals surface area contributed by atoms with E-state index in [1.165, 1.54) is 12.8 Å². The average molecular weight is 228 g/mol. The van der Waals surface area contributed by atoms with Gasteiger partial charge in [0.25, 0.3) is 0 Å². The first kappa shape index (κ1) is 13.9. The lowest BCUT2D eigenvalue weighted by Gasteiger charge is -2.52. The van der Waals surface area contributed by atoms with E-state index in [0.717, 1.165) is 19.7 Å². The van der Waals surface area contributed by atoms with Gasteiger partial charge in [0.05, 0.1) is 6.10 Å². The SMILES string of the molecule is CCOC1CC(NCCCN(C)C)C1(C)C. The third-order valence-electron chi connectivity index (χ3n) is 3.72. The molecule has 16 heavy (non-hydrogen) atoms. The summed E-state index contributed by atoms with van der Waals surface area (Å²) in [5, 5.41) is 3.65. The van der Waals surface area contributed by atoms with Crippen LogP contribution in [0, 0.1) is 5.41 Å². The Morgan fingerprint density at radius 2 is 2.06 bits per heavy atom. The van der Waals surface area contributed by atoms with Crippen LogP contribution < -0.4 is 5.32 Å². The van der Waals surface area contributed by atoms with E-state index in [1.807, 2.05) is 0 Å². The molecule has 0 bridgehead atoms. The zero-order valence-electron chi connectivity index (χ0n) is 11.5. The van der Waals surface area contributed by atoms with Crippen molar-refractivity contribution in [3.8, 4) is 0 Å². The fraction of sp³-hybridized carbons (Fsp3) is 1.00. The summed E-state index contributed by atoms with van der Waals surface area (Å²) in [6.45, 7) is 9.80. The third-order valence-corrected chi connectivity index (χ3v) is 3.72. The van der Waals surface area contributed by atoms with Crippen LogP contribution in [0.2, 0.25) is 0 Å². The molecule has 0 radical (unpaired) electrons. The van der Waals surface area contributed by atoms with Crippen LogP contribution >= 0.6 is 0 Å². The van der Waals surface area contributed by atoms with Crippen LogP contribution in [0.25, 0.3) is 0 Å². The van der Waals surface area contributed by atoms with Crippen molar-refractivity contribution < 1.29 is 4.74 Å². The highest BCUT2D eigenvalue weighted by Gasteiger charge is 2.48. The summed E-state index contributed by atoms with van der Waals surface area (Å²) in [6.07, 6.45) is 2.84. The van der Waals surface area contributed by atoms with Crippen molar-refractivity contribution in [3.05, 3.63) is 0 Å². The Balaban J connectivity index is 2.16. The molecule has 0 saturated heterocycles. The van der Waals surface area contributed by atoms with Gasteiger partial charge >= 0.3 is 0 Å². The normalized spacial score (nSPS) is 28.1. The average Bonchev–Trinajstić information content (AvgIpc) is 2.20. The molecule has 1 fully saturated rings. The fourth-order valence-electron chi connectivity index (χ4n) is 2.39. The number of ether oxygens (including phenoxy) is 1. The summed E-state index contributed by atoms with van der Waals surface area (Å²) < 4.78 is 5.72. The summed E-state index contributed by atoms with van der Waals surface area (Å²) >= 11 is 0. The second-order valence-electron chi connectivity index (χ2n) is 5.66. The van der Waals surface area contributed by atoms with Crippen LogP contribution in [0.3, 0.4) is 0 Å². The highest BCUT2D eigenvalue weighted by atomic mass is 16.5. The Hall–Kier alpha value is -0.120. The van der Waals surface area contributed by atoms with E-state index in [1.54, 1.807) is 0 Å². The highest BCUT2D eigenvalue weighted by Crippen LogP contribution is 2.42. The molecule has 1 aliphatic carbocycles. The van der Waals surface area contributed by atoms with Crippen LogP contribution in [0.5, 0.6) is 0 Å². The standard InChI is InChI=1S/C13H28N2O/c1-6-16-12-10-11(13(12,2)3)14-8-7-9-15(4)5/h11-12,14H,6-10H2,1-5H3. The van der Waals surface area contributed by atoms with E-state index < -0.39 is 0 Å². The number of rotatable bonds is 7. The summed E-state index contributed by atoms with van der Waals surface area (Å²) in [7, 11) is 4.25. The fourth-order valence-corrected chi connectivity index (χ4v) is 2.39. The van der Waals surface area contributed by atoms with Gasteiger partial charge in [-0.3, -0.25) is 0 Å². The van der Waals surface area contributed by atoms with E-state index in [9.17, 15) is 0 Å². The molecule has 2 unspecified atom stereocenters. The van der Waals surface area contributed by atoms with Gasteiger partial charge in [0.2, 0.25) is 0 Å². The molecular weight excluding hydrogens is 200 g/mol. The lowest BCUT2D eigenvalue weighted by atomic mass is 9.64. The lowest BCUT2D eigenvalue weighted by Crippen LogP contribution is -2.61. The van der Waals surface area contributed by atoms with Gasteiger partial charge < -0.3 is 15.0 Å². The minimum absolute atomic E-state index is 0.300. The monoisotopic (exact) mass is 228 g/mol. The zero-order chi connectivity index (χ0) is 12.2. The van der Waals surface area contributed by atoms with Crippen molar-refractivity contribution in [2.45, 2.75) is 45.8 Å². The first-order chi connectivity index (χ1) is 7.48. The van der Waals surface area contributed by atoms with Gasteiger partial charge in [-0.1, -0.05) is 13.8 Å². The second kappa shape index (κ2) is 5.99. The van der Waals surface area contributed by atoms with Crippen LogP contribution in [-0.2, 0) is 4.74 Å². The molecule has 0 heterocycles. The Kier molecular flexibility index (Phi) is 5.22.